The number of ether oxygens (including phenoxy) is 4. The van der Waals surface area contributed by atoms with E-state index in [1.54, 1.807) is 19.2 Å². The Morgan fingerprint density at radius 2 is 1.78 bits per heavy atom. The van der Waals surface area contributed by atoms with Crippen molar-refractivity contribution in [1.82, 2.24) is 10.6 Å². The summed E-state index contributed by atoms with van der Waals surface area (Å²) < 4.78 is 21.2. The second-order valence-electron chi connectivity index (χ2n) is 6.71. The van der Waals surface area contributed by atoms with E-state index in [0.29, 0.717) is 36.9 Å². The van der Waals surface area contributed by atoms with Gasteiger partial charge in [0.2, 0.25) is 0 Å². The van der Waals surface area contributed by atoms with Crippen LogP contribution in [0.4, 0.5) is 0 Å². The van der Waals surface area contributed by atoms with Crippen molar-refractivity contribution in [3.8, 4) is 17.2 Å². The summed E-state index contributed by atoms with van der Waals surface area (Å²) in [5, 5.41) is 6.49. The van der Waals surface area contributed by atoms with Crippen LogP contribution in [0.1, 0.15) is 29.8 Å². The van der Waals surface area contributed by atoms with Crippen LogP contribution in [-0.2, 0) is 11.3 Å². The first-order valence-corrected chi connectivity index (χ1v) is 10.1. The lowest BCUT2D eigenvalue weighted by Crippen LogP contribution is -2.41. The fraction of sp³-hybridized carbons (Fsp3) is 0.391. The van der Waals surface area contributed by atoms with Crippen molar-refractivity contribution < 1.29 is 23.7 Å². The van der Waals surface area contributed by atoms with Crippen molar-refractivity contribution in [2.45, 2.75) is 26.5 Å². The number of nitrogens with one attached hydrogen (secondary N) is 2. The van der Waals surface area contributed by atoms with E-state index in [9.17, 15) is 4.79 Å². The lowest BCUT2D eigenvalue weighted by Gasteiger charge is -2.18. The molecule has 2 aromatic carbocycles. The molecule has 0 radical (unpaired) electrons. The maximum absolute atomic E-state index is 12.0. The highest BCUT2D eigenvalue weighted by Crippen LogP contribution is 2.21. The van der Waals surface area contributed by atoms with Gasteiger partial charge in [-0.15, -0.1) is 24.0 Å². The normalized spacial score (nSPS) is 11.6. The summed E-state index contributed by atoms with van der Waals surface area (Å²) >= 11 is 0. The largest absolute Gasteiger partial charge is 0.497 e. The number of hydrogen-bond donors (Lipinski definition) is 2. The van der Waals surface area contributed by atoms with Gasteiger partial charge in [-0.25, -0.2) is 9.79 Å². The van der Waals surface area contributed by atoms with Crippen molar-refractivity contribution in [1.29, 1.82) is 0 Å². The predicted molar refractivity (Wildman–Crippen MR) is 136 cm³/mol. The summed E-state index contributed by atoms with van der Waals surface area (Å²) in [7, 11) is 4.48. The minimum atomic E-state index is -0.448. The molecule has 0 aliphatic rings. The number of hydrogen-bond acceptors (Lipinski definition) is 6. The van der Waals surface area contributed by atoms with Gasteiger partial charge in [0.1, 0.15) is 28.9 Å². The van der Waals surface area contributed by atoms with Gasteiger partial charge in [0.05, 0.1) is 34.4 Å². The number of methoxy groups -OCH3 is 3. The average molecular weight is 557 g/mol. The highest BCUT2D eigenvalue weighted by atomic mass is 127. The molecule has 0 spiro atoms. The smallest absolute Gasteiger partial charge is 0.341 e. The topological polar surface area (TPSA) is 90.4 Å². The summed E-state index contributed by atoms with van der Waals surface area (Å²) in [5.74, 6) is 2.16. The Labute approximate surface area is 206 Å². The number of rotatable bonds is 10. The van der Waals surface area contributed by atoms with Gasteiger partial charge in [0.25, 0.3) is 0 Å². The van der Waals surface area contributed by atoms with Crippen LogP contribution in [0.25, 0.3) is 0 Å². The van der Waals surface area contributed by atoms with E-state index < -0.39 is 5.97 Å². The number of halogens is 1. The molecule has 8 nitrogen and oxygen atoms in total. The van der Waals surface area contributed by atoms with E-state index in [2.05, 4.69) is 15.6 Å². The Hall–Kier alpha value is -2.69. The van der Waals surface area contributed by atoms with Gasteiger partial charge < -0.3 is 29.6 Å². The standard InChI is InChI=1S/C23H31N3O5.HI/c1-6-24-23(25-14-16(2)31-19-9-7-8-18(13-19)28-3)26-15-17-10-11-21(29-4)20(12-17)22(27)30-5;/h7-13,16H,6,14-15H2,1-5H3,(H2,24,25,26);1H. The third kappa shape index (κ3) is 8.45. The van der Waals surface area contributed by atoms with Gasteiger partial charge in [-0.2, -0.15) is 0 Å². The molecular formula is C23H32IN3O5. The second kappa shape index (κ2) is 14.4. The Morgan fingerprint density at radius 1 is 1.03 bits per heavy atom. The minimum absolute atomic E-state index is 0. The molecule has 0 saturated carbocycles. The van der Waals surface area contributed by atoms with Gasteiger partial charge >= 0.3 is 5.97 Å². The zero-order chi connectivity index (χ0) is 22.6. The van der Waals surface area contributed by atoms with E-state index in [1.807, 2.05) is 44.2 Å². The first-order chi connectivity index (χ1) is 15.0. The summed E-state index contributed by atoms with van der Waals surface area (Å²) in [4.78, 5) is 16.6. The average Bonchev–Trinajstić information content (AvgIpc) is 2.80. The van der Waals surface area contributed by atoms with Gasteiger partial charge in [0, 0.05) is 12.6 Å². The van der Waals surface area contributed by atoms with E-state index >= 15 is 0 Å². The summed E-state index contributed by atoms with van der Waals surface area (Å²) in [5.41, 5.74) is 1.23. The molecule has 9 heteroatoms. The third-order valence-corrected chi connectivity index (χ3v) is 4.37. The highest BCUT2D eigenvalue weighted by molar-refractivity contribution is 14.0. The van der Waals surface area contributed by atoms with Crippen LogP contribution >= 0.6 is 24.0 Å². The molecule has 32 heavy (non-hydrogen) atoms. The number of guanidine groups is 1. The minimum Gasteiger partial charge on any atom is -0.497 e. The Morgan fingerprint density at radius 3 is 2.44 bits per heavy atom. The van der Waals surface area contributed by atoms with Crippen LogP contribution in [0.5, 0.6) is 17.2 Å². The van der Waals surface area contributed by atoms with E-state index in [1.165, 1.54) is 14.2 Å². The zero-order valence-electron chi connectivity index (χ0n) is 19.1. The Kier molecular flexibility index (Phi) is 12.3. The Bertz CT molecular complexity index is 892. The van der Waals surface area contributed by atoms with Gasteiger partial charge in [0.15, 0.2) is 5.96 Å². The van der Waals surface area contributed by atoms with Gasteiger partial charge in [-0.05, 0) is 43.7 Å². The number of nitrogens with zero attached hydrogens (tertiary/aromatic N) is 1. The molecule has 2 N–H and O–H groups in total. The fourth-order valence-electron chi connectivity index (χ4n) is 2.82. The van der Waals surface area contributed by atoms with Crippen LogP contribution < -0.4 is 24.8 Å². The molecule has 0 aliphatic heterocycles. The third-order valence-electron chi connectivity index (χ3n) is 4.37. The molecule has 1 unspecified atom stereocenters. The van der Waals surface area contributed by atoms with Crippen molar-refractivity contribution in [3.63, 3.8) is 0 Å². The van der Waals surface area contributed by atoms with E-state index in [-0.39, 0.29) is 30.1 Å². The lowest BCUT2D eigenvalue weighted by molar-refractivity contribution is 0.0597. The maximum Gasteiger partial charge on any atom is 0.341 e. The molecule has 0 aliphatic carbocycles. The number of carbonyl (C=O) groups is 1. The van der Waals surface area contributed by atoms with Gasteiger partial charge in [-0.3, -0.25) is 0 Å². The molecule has 176 valence electrons. The number of carbonyl (C=O) groups excluding carboxylic acids is 1. The summed E-state index contributed by atoms with van der Waals surface area (Å²) in [6.45, 7) is 5.62. The molecule has 0 fully saturated rings. The molecule has 0 aromatic heterocycles. The summed E-state index contributed by atoms with van der Waals surface area (Å²) in [6.07, 6.45) is -0.0946. The second-order valence-corrected chi connectivity index (χ2v) is 6.71. The molecule has 2 rings (SSSR count). The van der Waals surface area contributed by atoms with E-state index in [0.717, 1.165) is 17.1 Å². The van der Waals surface area contributed by atoms with E-state index in [4.69, 9.17) is 18.9 Å². The summed E-state index contributed by atoms with van der Waals surface area (Å²) in [6, 6.07) is 12.8. The van der Waals surface area contributed by atoms with Crippen molar-refractivity contribution in [2.24, 2.45) is 4.99 Å². The predicted octanol–water partition coefficient (Wildman–Crippen LogP) is 3.63. The van der Waals surface area contributed by atoms with Gasteiger partial charge in [-0.1, -0.05) is 12.1 Å². The van der Waals surface area contributed by atoms with Crippen molar-refractivity contribution in [2.75, 3.05) is 34.4 Å². The SMILES string of the molecule is CCNC(=NCc1ccc(OC)c(C(=O)OC)c1)NCC(C)Oc1cccc(OC)c1.I. The molecule has 2 aromatic rings. The molecule has 1 atom stereocenters. The molecular weight excluding hydrogens is 525 g/mol. The molecule has 0 bridgehead atoms. The monoisotopic (exact) mass is 557 g/mol. The quantitative estimate of drug-likeness (QED) is 0.200. The van der Waals surface area contributed by atoms with Crippen molar-refractivity contribution in [3.05, 3.63) is 53.6 Å². The van der Waals surface area contributed by atoms with Crippen LogP contribution in [-0.4, -0.2) is 52.5 Å². The van der Waals surface area contributed by atoms with Crippen LogP contribution in [0.2, 0.25) is 0 Å². The molecule has 0 heterocycles. The van der Waals surface area contributed by atoms with Crippen LogP contribution in [0, 0.1) is 0 Å². The van der Waals surface area contributed by atoms with Crippen molar-refractivity contribution >= 4 is 35.9 Å². The zero-order valence-corrected chi connectivity index (χ0v) is 21.5. The first kappa shape index (κ1) is 27.3. The number of benzene rings is 2. The molecule has 0 amide bonds. The van der Waals surface area contributed by atoms with Crippen LogP contribution in [0.15, 0.2) is 47.5 Å². The maximum atomic E-state index is 12.0. The van der Waals surface area contributed by atoms with Crippen LogP contribution in [0.3, 0.4) is 0 Å². The lowest BCUT2D eigenvalue weighted by atomic mass is 10.1. The highest BCUT2D eigenvalue weighted by Gasteiger charge is 2.13. The first-order valence-electron chi connectivity index (χ1n) is 10.1. The molecule has 0 saturated heterocycles. The number of esters is 1. The number of aliphatic imine (C=N–C) groups is 1. The Balaban J connectivity index is 0.00000512. The fourth-order valence-corrected chi connectivity index (χ4v) is 2.82.